The molecule has 1 heterocycles. The summed E-state index contributed by atoms with van der Waals surface area (Å²) in [4.78, 5) is 19.0. The van der Waals surface area contributed by atoms with Gasteiger partial charge in [0.2, 0.25) is 11.6 Å². The van der Waals surface area contributed by atoms with Gasteiger partial charge in [-0.1, -0.05) is 37.8 Å². The predicted molar refractivity (Wildman–Crippen MR) is 93.5 cm³/mol. The Morgan fingerprint density at radius 2 is 1.76 bits per heavy atom. The zero-order chi connectivity index (χ0) is 17.6. The van der Waals surface area contributed by atoms with E-state index in [0.29, 0.717) is 0 Å². The standard InChI is InChI=1S/C17H20FN5O2/c18-13-9-5-6-10-14(13)22-17-15(23(24)25)16(19-11-20-17)21-12-7-3-1-2-4-8-12/h5-6,9-12H,1-4,7-8H2,(H2,19,20,21,22). The fourth-order valence-electron chi connectivity index (χ4n) is 3.06. The largest absolute Gasteiger partial charge is 0.361 e. The molecule has 2 aromatic rings. The third kappa shape index (κ3) is 4.20. The monoisotopic (exact) mass is 345 g/mol. The second kappa shape index (κ2) is 7.87. The maximum Gasteiger partial charge on any atom is 0.353 e. The number of aromatic nitrogens is 2. The number of hydrogen-bond acceptors (Lipinski definition) is 6. The van der Waals surface area contributed by atoms with Gasteiger partial charge in [0.25, 0.3) is 0 Å². The third-order valence-electron chi connectivity index (χ3n) is 4.33. The second-order valence-electron chi connectivity index (χ2n) is 6.11. The van der Waals surface area contributed by atoms with E-state index in [1.807, 2.05) is 0 Å². The van der Waals surface area contributed by atoms with Crippen molar-refractivity contribution in [3.63, 3.8) is 0 Å². The molecule has 1 aromatic carbocycles. The number of nitrogens with zero attached hydrogens (tertiary/aromatic N) is 3. The molecule has 1 saturated carbocycles. The highest BCUT2D eigenvalue weighted by Crippen LogP contribution is 2.33. The summed E-state index contributed by atoms with van der Waals surface area (Å²) in [7, 11) is 0. The molecule has 132 valence electrons. The van der Waals surface area contributed by atoms with Crippen molar-refractivity contribution in [3.8, 4) is 0 Å². The van der Waals surface area contributed by atoms with Crippen LogP contribution < -0.4 is 10.6 Å². The number of rotatable bonds is 5. The summed E-state index contributed by atoms with van der Waals surface area (Å²) in [5, 5.41) is 17.5. The van der Waals surface area contributed by atoms with Crippen LogP contribution in [0, 0.1) is 15.9 Å². The SMILES string of the molecule is O=[N+]([O-])c1c(Nc2ccccc2F)ncnc1NC1CCCCCC1. The summed E-state index contributed by atoms with van der Waals surface area (Å²) in [6, 6.07) is 6.12. The maximum atomic E-state index is 13.8. The minimum Gasteiger partial charge on any atom is -0.361 e. The van der Waals surface area contributed by atoms with Crippen LogP contribution >= 0.6 is 0 Å². The van der Waals surface area contributed by atoms with Crippen molar-refractivity contribution in [2.45, 2.75) is 44.6 Å². The Kier molecular flexibility index (Phi) is 5.37. The molecule has 0 atom stereocenters. The Balaban J connectivity index is 1.88. The molecule has 0 amide bonds. The summed E-state index contributed by atoms with van der Waals surface area (Å²) in [6.07, 6.45) is 7.71. The Labute approximate surface area is 144 Å². The molecule has 2 N–H and O–H groups in total. The molecule has 0 spiro atoms. The van der Waals surface area contributed by atoms with Crippen LogP contribution in [0.2, 0.25) is 0 Å². The Morgan fingerprint density at radius 1 is 1.08 bits per heavy atom. The van der Waals surface area contributed by atoms with Gasteiger partial charge in [-0.25, -0.2) is 14.4 Å². The van der Waals surface area contributed by atoms with Crippen molar-refractivity contribution >= 4 is 23.0 Å². The number of benzene rings is 1. The Bertz CT molecular complexity index is 748. The molecule has 1 aliphatic rings. The number of nitro groups is 1. The van der Waals surface area contributed by atoms with E-state index in [4.69, 9.17) is 0 Å². The van der Waals surface area contributed by atoms with Gasteiger partial charge in [-0.15, -0.1) is 0 Å². The van der Waals surface area contributed by atoms with E-state index >= 15 is 0 Å². The zero-order valence-electron chi connectivity index (χ0n) is 13.7. The average Bonchev–Trinajstić information content (AvgIpc) is 2.85. The number of para-hydroxylation sites is 1. The Hall–Kier alpha value is -2.77. The van der Waals surface area contributed by atoms with Gasteiger partial charge in [0.05, 0.1) is 10.6 Å². The predicted octanol–water partition coefficient (Wildman–Crippen LogP) is 4.40. The van der Waals surface area contributed by atoms with Crippen molar-refractivity contribution < 1.29 is 9.31 Å². The molecule has 8 heteroatoms. The van der Waals surface area contributed by atoms with Gasteiger partial charge >= 0.3 is 5.69 Å². The fourth-order valence-corrected chi connectivity index (χ4v) is 3.06. The lowest BCUT2D eigenvalue weighted by Crippen LogP contribution is -2.20. The fraction of sp³-hybridized carbons (Fsp3) is 0.412. The van der Waals surface area contributed by atoms with Crippen LogP contribution in [0.25, 0.3) is 0 Å². The summed E-state index contributed by atoms with van der Waals surface area (Å²) in [5.74, 6) is -0.361. The van der Waals surface area contributed by atoms with E-state index in [9.17, 15) is 14.5 Å². The van der Waals surface area contributed by atoms with Crippen molar-refractivity contribution in [1.82, 2.24) is 9.97 Å². The number of halogens is 1. The molecule has 0 radical (unpaired) electrons. The number of nitrogens with one attached hydrogen (secondary N) is 2. The van der Waals surface area contributed by atoms with Gasteiger partial charge in [-0.2, -0.15) is 0 Å². The lowest BCUT2D eigenvalue weighted by Gasteiger charge is -2.17. The van der Waals surface area contributed by atoms with Crippen molar-refractivity contribution in [1.29, 1.82) is 0 Å². The topological polar surface area (TPSA) is 93.0 Å². The van der Waals surface area contributed by atoms with Gasteiger partial charge in [0.1, 0.15) is 12.1 Å². The van der Waals surface area contributed by atoms with E-state index in [2.05, 4.69) is 20.6 Å². The summed E-state index contributed by atoms with van der Waals surface area (Å²) < 4.78 is 13.8. The molecule has 25 heavy (non-hydrogen) atoms. The van der Waals surface area contributed by atoms with Crippen LogP contribution in [0.15, 0.2) is 30.6 Å². The van der Waals surface area contributed by atoms with Crippen LogP contribution in [0.4, 0.5) is 27.4 Å². The van der Waals surface area contributed by atoms with Gasteiger partial charge in [-0.3, -0.25) is 10.1 Å². The third-order valence-corrected chi connectivity index (χ3v) is 4.33. The van der Waals surface area contributed by atoms with Crippen molar-refractivity contribution in [3.05, 3.63) is 46.5 Å². The molecule has 0 aliphatic heterocycles. The molecule has 7 nitrogen and oxygen atoms in total. The van der Waals surface area contributed by atoms with Crippen LogP contribution in [-0.4, -0.2) is 20.9 Å². The summed E-state index contributed by atoms with van der Waals surface area (Å²) in [6.45, 7) is 0. The quantitative estimate of drug-likeness (QED) is 0.474. The minimum absolute atomic E-state index is 0.0266. The average molecular weight is 345 g/mol. The maximum absolute atomic E-state index is 13.8. The van der Waals surface area contributed by atoms with Gasteiger partial charge < -0.3 is 10.6 Å². The molecule has 0 unspecified atom stereocenters. The lowest BCUT2D eigenvalue weighted by atomic mass is 10.1. The summed E-state index contributed by atoms with van der Waals surface area (Å²) in [5.41, 5.74) is -0.139. The van der Waals surface area contributed by atoms with Crippen LogP contribution in [0.1, 0.15) is 38.5 Å². The second-order valence-corrected chi connectivity index (χ2v) is 6.11. The lowest BCUT2D eigenvalue weighted by molar-refractivity contribution is -0.383. The molecule has 1 aliphatic carbocycles. The minimum atomic E-state index is -0.539. The first-order valence-electron chi connectivity index (χ1n) is 8.42. The van der Waals surface area contributed by atoms with Crippen molar-refractivity contribution in [2.24, 2.45) is 0 Å². The number of anilines is 3. The Morgan fingerprint density at radius 3 is 2.44 bits per heavy atom. The molecule has 0 saturated heterocycles. The van der Waals surface area contributed by atoms with Crippen LogP contribution in [-0.2, 0) is 0 Å². The molecule has 3 rings (SSSR count). The van der Waals surface area contributed by atoms with E-state index in [0.717, 1.165) is 25.7 Å². The zero-order valence-corrected chi connectivity index (χ0v) is 13.7. The van der Waals surface area contributed by atoms with Gasteiger partial charge in [0.15, 0.2) is 0 Å². The first-order chi connectivity index (χ1) is 12.1. The molecule has 1 aromatic heterocycles. The first kappa shape index (κ1) is 17.1. The first-order valence-corrected chi connectivity index (χ1v) is 8.42. The van der Waals surface area contributed by atoms with Crippen LogP contribution in [0.3, 0.4) is 0 Å². The van der Waals surface area contributed by atoms with E-state index in [-0.39, 0.29) is 29.1 Å². The van der Waals surface area contributed by atoms with E-state index in [1.54, 1.807) is 12.1 Å². The molecular formula is C17H20FN5O2. The van der Waals surface area contributed by atoms with Crippen molar-refractivity contribution in [2.75, 3.05) is 10.6 Å². The normalized spacial score (nSPS) is 15.4. The van der Waals surface area contributed by atoms with Crippen LogP contribution in [0.5, 0.6) is 0 Å². The molecule has 0 bridgehead atoms. The highest BCUT2D eigenvalue weighted by Gasteiger charge is 2.25. The highest BCUT2D eigenvalue weighted by atomic mass is 19.1. The van der Waals surface area contributed by atoms with E-state index in [1.165, 1.54) is 31.3 Å². The molecular weight excluding hydrogens is 325 g/mol. The highest BCUT2D eigenvalue weighted by molar-refractivity contribution is 5.74. The van der Waals surface area contributed by atoms with Gasteiger partial charge in [-0.05, 0) is 25.0 Å². The summed E-state index contributed by atoms with van der Waals surface area (Å²) >= 11 is 0. The number of hydrogen-bond donors (Lipinski definition) is 2. The van der Waals surface area contributed by atoms with E-state index < -0.39 is 10.7 Å². The molecule has 1 fully saturated rings. The van der Waals surface area contributed by atoms with Gasteiger partial charge in [0, 0.05) is 6.04 Å². The smallest absolute Gasteiger partial charge is 0.353 e.